The van der Waals surface area contributed by atoms with E-state index in [0.717, 1.165) is 5.92 Å². The Morgan fingerprint density at radius 3 is 2.81 bits per heavy atom. The molecule has 0 aliphatic carbocycles. The van der Waals surface area contributed by atoms with Crippen molar-refractivity contribution >= 4 is 5.69 Å². The highest BCUT2D eigenvalue weighted by atomic mass is 15.2. The van der Waals surface area contributed by atoms with Crippen LogP contribution in [-0.4, -0.2) is 50.7 Å². The van der Waals surface area contributed by atoms with E-state index in [-0.39, 0.29) is 0 Å². The maximum atomic E-state index is 3.55. The van der Waals surface area contributed by atoms with Crippen molar-refractivity contribution in [3.05, 3.63) is 29.8 Å². The molecule has 1 aromatic carbocycles. The molecule has 2 heterocycles. The lowest BCUT2D eigenvalue weighted by Gasteiger charge is -2.29. The molecular formula is C18H29N3. The molecule has 1 atom stereocenters. The van der Waals surface area contributed by atoms with Gasteiger partial charge in [0.05, 0.1) is 0 Å². The second-order valence-corrected chi connectivity index (χ2v) is 6.64. The number of nitrogens with zero attached hydrogens (tertiary/aromatic N) is 2. The van der Waals surface area contributed by atoms with Crippen LogP contribution in [0.1, 0.15) is 24.8 Å². The Kier molecular flexibility index (Phi) is 5.15. The van der Waals surface area contributed by atoms with Gasteiger partial charge in [0.15, 0.2) is 0 Å². The molecule has 0 radical (unpaired) electrons. The first-order chi connectivity index (χ1) is 10.3. The number of piperidine rings is 1. The molecular weight excluding hydrogens is 258 g/mol. The zero-order chi connectivity index (χ0) is 14.5. The first kappa shape index (κ1) is 14.9. The Hall–Kier alpha value is -1.06. The van der Waals surface area contributed by atoms with Crippen LogP contribution in [0.2, 0.25) is 0 Å². The van der Waals surface area contributed by atoms with E-state index in [1.54, 1.807) is 0 Å². The SMILES string of the molecule is Cc1ccccc1N1CCCN(CC2CCCNC2)CC1. The molecule has 0 amide bonds. The summed E-state index contributed by atoms with van der Waals surface area (Å²) < 4.78 is 0. The van der Waals surface area contributed by atoms with Crippen molar-refractivity contribution in [3.8, 4) is 0 Å². The third kappa shape index (κ3) is 3.98. The average Bonchev–Trinajstić information content (AvgIpc) is 2.74. The first-order valence-corrected chi connectivity index (χ1v) is 8.56. The lowest BCUT2D eigenvalue weighted by atomic mass is 9.99. The lowest BCUT2D eigenvalue weighted by Crippen LogP contribution is -2.39. The van der Waals surface area contributed by atoms with E-state index < -0.39 is 0 Å². The van der Waals surface area contributed by atoms with Crippen molar-refractivity contribution in [2.75, 3.05) is 50.7 Å². The average molecular weight is 287 g/mol. The fourth-order valence-electron chi connectivity index (χ4n) is 3.76. The normalized spacial score (nSPS) is 24.8. The topological polar surface area (TPSA) is 18.5 Å². The van der Waals surface area contributed by atoms with Crippen LogP contribution in [-0.2, 0) is 0 Å². The quantitative estimate of drug-likeness (QED) is 0.921. The van der Waals surface area contributed by atoms with Gasteiger partial charge in [0, 0.05) is 31.9 Å². The van der Waals surface area contributed by atoms with Crippen molar-refractivity contribution in [1.29, 1.82) is 0 Å². The van der Waals surface area contributed by atoms with Gasteiger partial charge >= 0.3 is 0 Å². The molecule has 1 N–H and O–H groups in total. The predicted molar refractivity (Wildman–Crippen MR) is 90.0 cm³/mol. The maximum Gasteiger partial charge on any atom is 0.0396 e. The van der Waals surface area contributed by atoms with Gasteiger partial charge in [-0.05, 0) is 63.4 Å². The largest absolute Gasteiger partial charge is 0.370 e. The fraction of sp³-hybridized carbons (Fsp3) is 0.667. The zero-order valence-electron chi connectivity index (χ0n) is 13.4. The number of para-hydroxylation sites is 1. The highest BCUT2D eigenvalue weighted by Crippen LogP contribution is 2.21. The van der Waals surface area contributed by atoms with Crippen LogP contribution in [0.5, 0.6) is 0 Å². The number of hydrogen-bond donors (Lipinski definition) is 1. The summed E-state index contributed by atoms with van der Waals surface area (Å²) in [4.78, 5) is 5.27. The van der Waals surface area contributed by atoms with Gasteiger partial charge in [-0.3, -0.25) is 0 Å². The van der Waals surface area contributed by atoms with Gasteiger partial charge in [0.25, 0.3) is 0 Å². The summed E-state index contributed by atoms with van der Waals surface area (Å²) in [6, 6.07) is 8.81. The van der Waals surface area contributed by atoms with Gasteiger partial charge in [-0.15, -0.1) is 0 Å². The van der Waals surface area contributed by atoms with Gasteiger partial charge in [0.2, 0.25) is 0 Å². The molecule has 0 spiro atoms. The van der Waals surface area contributed by atoms with E-state index in [1.807, 2.05) is 0 Å². The van der Waals surface area contributed by atoms with Crippen LogP contribution in [0.25, 0.3) is 0 Å². The molecule has 1 unspecified atom stereocenters. The minimum absolute atomic E-state index is 0.865. The number of hydrogen-bond acceptors (Lipinski definition) is 3. The Morgan fingerprint density at radius 1 is 1.10 bits per heavy atom. The molecule has 3 nitrogen and oxygen atoms in total. The van der Waals surface area contributed by atoms with E-state index in [1.165, 1.54) is 76.3 Å². The van der Waals surface area contributed by atoms with Crippen LogP contribution < -0.4 is 10.2 Å². The Balaban J connectivity index is 1.55. The molecule has 21 heavy (non-hydrogen) atoms. The zero-order valence-corrected chi connectivity index (χ0v) is 13.4. The summed E-state index contributed by atoms with van der Waals surface area (Å²) >= 11 is 0. The summed E-state index contributed by atoms with van der Waals surface area (Å²) in [6.45, 7) is 10.8. The molecule has 2 fully saturated rings. The van der Waals surface area contributed by atoms with Gasteiger partial charge in [-0.25, -0.2) is 0 Å². The predicted octanol–water partition coefficient (Wildman–Crippen LogP) is 2.51. The molecule has 2 aliphatic rings. The molecule has 2 aliphatic heterocycles. The molecule has 116 valence electrons. The van der Waals surface area contributed by atoms with Crippen molar-refractivity contribution in [2.45, 2.75) is 26.2 Å². The third-order valence-corrected chi connectivity index (χ3v) is 4.96. The van der Waals surface area contributed by atoms with E-state index in [9.17, 15) is 0 Å². The van der Waals surface area contributed by atoms with Gasteiger partial charge in [-0.2, -0.15) is 0 Å². The number of nitrogens with one attached hydrogen (secondary N) is 1. The Labute approximate surface area is 129 Å². The van der Waals surface area contributed by atoms with E-state index in [0.29, 0.717) is 0 Å². The maximum absolute atomic E-state index is 3.55. The van der Waals surface area contributed by atoms with Crippen LogP contribution >= 0.6 is 0 Å². The summed E-state index contributed by atoms with van der Waals surface area (Å²) in [5, 5.41) is 3.55. The second kappa shape index (κ2) is 7.28. The van der Waals surface area contributed by atoms with Gasteiger partial charge < -0.3 is 15.1 Å². The van der Waals surface area contributed by atoms with E-state index in [2.05, 4.69) is 46.3 Å². The summed E-state index contributed by atoms with van der Waals surface area (Å²) in [6.07, 6.45) is 4.05. The minimum Gasteiger partial charge on any atom is -0.370 e. The molecule has 3 rings (SSSR count). The van der Waals surface area contributed by atoms with Crippen LogP contribution in [0.4, 0.5) is 5.69 Å². The van der Waals surface area contributed by atoms with Crippen LogP contribution in [0, 0.1) is 12.8 Å². The van der Waals surface area contributed by atoms with Gasteiger partial charge in [-0.1, -0.05) is 18.2 Å². The van der Waals surface area contributed by atoms with Crippen molar-refractivity contribution in [1.82, 2.24) is 10.2 Å². The van der Waals surface area contributed by atoms with Crippen molar-refractivity contribution < 1.29 is 0 Å². The number of benzene rings is 1. The smallest absolute Gasteiger partial charge is 0.0396 e. The number of anilines is 1. The summed E-state index contributed by atoms with van der Waals surface area (Å²) in [5.41, 5.74) is 2.83. The monoisotopic (exact) mass is 287 g/mol. The lowest BCUT2D eigenvalue weighted by molar-refractivity contribution is 0.219. The third-order valence-electron chi connectivity index (χ3n) is 4.96. The number of rotatable bonds is 3. The standard InChI is InChI=1S/C18H29N3/c1-16-6-2-3-8-18(16)21-11-5-10-20(12-13-21)15-17-7-4-9-19-14-17/h2-3,6,8,17,19H,4-5,7,9-15H2,1H3. The minimum atomic E-state index is 0.865. The van der Waals surface area contributed by atoms with Crippen molar-refractivity contribution in [3.63, 3.8) is 0 Å². The highest BCUT2D eigenvalue weighted by molar-refractivity contribution is 5.53. The van der Waals surface area contributed by atoms with Crippen LogP contribution in [0.3, 0.4) is 0 Å². The molecule has 0 saturated carbocycles. The Bertz CT molecular complexity index is 440. The Morgan fingerprint density at radius 2 is 2.00 bits per heavy atom. The van der Waals surface area contributed by atoms with Crippen LogP contribution in [0.15, 0.2) is 24.3 Å². The van der Waals surface area contributed by atoms with E-state index in [4.69, 9.17) is 0 Å². The molecule has 3 heteroatoms. The van der Waals surface area contributed by atoms with Crippen molar-refractivity contribution in [2.24, 2.45) is 5.92 Å². The van der Waals surface area contributed by atoms with Gasteiger partial charge in [0.1, 0.15) is 0 Å². The fourth-order valence-corrected chi connectivity index (χ4v) is 3.76. The summed E-state index contributed by atoms with van der Waals surface area (Å²) in [7, 11) is 0. The first-order valence-electron chi connectivity index (χ1n) is 8.56. The van der Waals surface area contributed by atoms with E-state index >= 15 is 0 Å². The number of aryl methyl sites for hydroxylation is 1. The molecule has 0 aromatic heterocycles. The molecule has 1 aromatic rings. The molecule has 0 bridgehead atoms. The highest BCUT2D eigenvalue weighted by Gasteiger charge is 2.20. The summed E-state index contributed by atoms with van der Waals surface area (Å²) in [5.74, 6) is 0.865. The molecule has 2 saturated heterocycles. The second-order valence-electron chi connectivity index (χ2n) is 6.64.